The molecule has 2 aromatic heterocycles. The van der Waals surface area contributed by atoms with E-state index in [4.69, 9.17) is 0 Å². The molecule has 1 N–H and O–H groups in total. The number of fused-ring (bicyclic) bond motifs is 2. The second-order valence-electron chi connectivity index (χ2n) is 7.15. The van der Waals surface area contributed by atoms with E-state index < -0.39 is 11.2 Å². The van der Waals surface area contributed by atoms with Crippen LogP contribution < -0.4 is 16.6 Å². The minimum atomic E-state index is -0.476. The third-order valence-electron chi connectivity index (χ3n) is 5.18. The minimum Gasteiger partial charge on any atom is -0.348 e. The number of carbonyl (C=O) groups is 1. The molecule has 148 valence electrons. The van der Waals surface area contributed by atoms with Crippen LogP contribution in [-0.2, 0) is 25.4 Å². The van der Waals surface area contributed by atoms with E-state index in [0.29, 0.717) is 0 Å². The summed E-state index contributed by atoms with van der Waals surface area (Å²) in [6.07, 6.45) is 1.41. The quantitative estimate of drug-likeness (QED) is 0.570. The first kappa shape index (κ1) is 18.7. The molecule has 1 unspecified atom stereocenters. The Morgan fingerprint density at radius 2 is 1.79 bits per heavy atom. The summed E-state index contributed by atoms with van der Waals surface area (Å²) in [5.41, 5.74) is 0.542. The van der Waals surface area contributed by atoms with Crippen molar-refractivity contribution < 1.29 is 4.79 Å². The highest BCUT2D eigenvalue weighted by Gasteiger charge is 2.17. The van der Waals surface area contributed by atoms with Crippen molar-refractivity contribution in [3.63, 3.8) is 0 Å². The summed E-state index contributed by atoms with van der Waals surface area (Å²) in [5.74, 6) is -0.249. The number of nitrogens with zero attached hydrogens (tertiary/aromatic N) is 4. The molecule has 8 heteroatoms. The first-order valence-corrected chi connectivity index (χ1v) is 9.25. The molecule has 1 amide bonds. The van der Waals surface area contributed by atoms with Gasteiger partial charge in [0.2, 0.25) is 5.91 Å². The van der Waals surface area contributed by atoms with Crippen LogP contribution in [0.4, 0.5) is 0 Å². The van der Waals surface area contributed by atoms with Gasteiger partial charge >= 0.3 is 5.69 Å². The molecule has 0 aliphatic carbocycles. The number of aromatic nitrogens is 4. The van der Waals surface area contributed by atoms with Gasteiger partial charge in [0.25, 0.3) is 5.56 Å². The zero-order valence-electron chi connectivity index (χ0n) is 16.4. The Morgan fingerprint density at radius 1 is 1.07 bits per heavy atom. The summed E-state index contributed by atoms with van der Waals surface area (Å²) >= 11 is 0. The Bertz CT molecular complexity index is 1360. The van der Waals surface area contributed by atoms with Crippen molar-refractivity contribution >= 4 is 27.8 Å². The lowest BCUT2D eigenvalue weighted by atomic mass is 10.0. The van der Waals surface area contributed by atoms with Crippen LogP contribution in [0.5, 0.6) is 0 Å². The fraction of sp³-hybridized carbons (Fsp3) is 0.238. The zero-order chi connectivity index (χ0) is 20.7. The van der Waals surface area contributed by atoms with Gasteiger partial charge in [0.1, 0.15) is 6.54 Å². The molecule has 0 radical (unpaired) electrons. The van der Waals surface area contributed by atoms with Crippen LogP contribution in [0.15, 0.2) is 58.4 Å². The lowest BCUT2D eigenvalue weighted by molar-refractivity contribution is -0.122. The maximum absolute atomic E-state index is 12.6. The molecule has 0 saturated carbocycles. The average Bonchev–Trinajstić information content (AvgIpc) is 3.13. The molecule has 4 aromatic rings. The Balaban J connectivity index is 1.58. The van der Waals surface area contributed by atoms with E-state index in [0.717, 1.165) is 20.9 Å². The van der Waals surface area contributed by atoms with Gasteiger partial charge in [0, 0.05) is 14.1 Å². The molecule has 0 aliphatic rings. The second-order valence-corrected chi connectivity index (χ2v) is 7.15. The zero-order valence-corrected chi connectivity index (χ0v) is 16.4. The number of imidazole rings is 1. The van der Waals surface area contributed by atoms with Gasteiger partial charge in [0.15, 0.2) is 11.2 Å². The van der Waals surface area contributed by atoms with Crippen LogP contribution in [0.1, 0.15) is 18.5 Å². The Morgan fingerprint density at radius 3 is 2.55 bits per heavy atom. The normalized spacial score (nSPS) is 12.4. The monoisotopic (exact) mass is 391 g/mol. The van der Waals surface area contributed by atoms with Crippen molar-refractivity contribution in [2.24, 2.45) is 14.1 Å². The third kappa shape index (κ3) is 3.22. The average molecular weight is 391 g/mol. The van der Waals surface area contributed by atoms with E-state index in [1.165, 1.54) is 22.5 Å². The van der Waals surface area contributed by atoms with Gasteiger partial charge < -0.3 is 9.88 Å². The predicted molar refractivity (Wildman–Crippen MR) is 111 cm³/mol. The van der Waals surface area contributed by atoms with Crippen molar-refractivity contribution in [3.8, 4) is 0 Å². The summed E-state index contributed by atoms with van der Waals surface area (Å²) in [7, 11) is 2.95. The molecular weight excluding hydrogens is 370 g/mol. The van der Waals surface area contributed by atoms with Gasteiger partial charge in [-0.15, -0.1) is 0 Å². The van der Waals surface area contributed by atoms with Crippen LogP contribution in [0.25, 0.3) is 21.9 Å². The fourth-order valence-corrected chi connectivity index (χ4v) is 3.52. The summed E-state index contributed by atoms with van der Waals surface area (Å²) in [6, 6.07) is 13.9. The second kappa shape index (κ2) is 7.05. The number of hydrogen-bond donors (Lipinski definition) is 1. The number of aryl methyl sites for hydroxylation is 1. The Kier molecular flexibility index (Phi) is 4.54. The van der Waals surface area contributed by atoms with Gasteiger partial charge in [0.05, 0.1) is 12.4 Å². The SMILES string of the molecule is CC(NC(=O)Cn1cnc2c1c(=O)n(C)c(=O)n2C)c1ccc2ccccc2c1. The van der Waals surface area contributed by atoms with Crippen LogP contribution in [0.2, 0.25) is 0 Å². The first-order chi connectivity index (χ1) is 13.9. The molecule has 8 nitrogen and oxygen atoms in total. The van der Waals surface area contributed by atoms with Gasteiger partial charge in [-0.25, -0.2) is 9.78 Å². The highest BCUT2D eigenvalue weighted by Crippen LogP contribution is 2.20. The van der Waals surface area contributed by atoms with Crippen molar-refractivity contribution in [1.29, 1.82) is 0 Å². The molecular formula is C21H21N5O3. The number of hydrogen-bond acceptors (Lipinski definition) is 4. The van der Waals surface area contributed by atoms with Crippen molar-refractivity contribution in [2.75, 3.05) is 0 Å². The lowest BCUT2D eigenvalue weighted by Crippen LogP contribution is -2.38. The van der Waals surface area contributed by atoms with E-state index in [9.17, 15) is 14.4 Å². The van der Waals surface area contributed by atoms with Crippen LogP contribution >= 0.6 is 0 Å². The minimum absolute atomic E-state index is 0.0676. The number of nitrogens with one attached hydrogen (secondary N) is 1. The molecule has 1 atom stereocenters. The standard InChI is InChI=1S/C21H21N5O3/c1-13(15-9-8-14-6-4-5-7-16(14)10-15)23-17(27)11-26-12-22-19-18(26)20(28)25(3)21(29)24(19)2/h4-10,12-13H,11H2,1-3H3,(H,23,27). The van der Waals surface area contributed by atoms with Crippen LogP contribution in [0, 0.1) is 0 Å². The molecule has 0 bridgehead atoms. The number of carbonyl (C=O) groups excluding carboxylic acids is 1. The van der Waals surface area contributed by atoms with E-state index >= 15 is 0 Å². The predicted octanol–water partition coefficient (Wildman–Crippen LogP) is 1.46. The molecule has 0 spiro atoms. The topological polar surface area (TPSA) is 90.9 Å². The molecule has 0 aliphatic heterocycles. The highest BCUT2D eigenvalue weighted by atomic mass is 16.2. The number of benzene rings is 2. The molecule has 4 rings (SSSR count). The first-order valence-electron chi connectivity index (χ1n) is 9.25. The largest absolute Gasteiger partial charge is 0.348 e. The van der Waals surface area contributed by atoms with E-state index in [-0.39, 0.29) is 29.7 Å². The molecule has 0 saturated heterocycles. The van der Waals surface area contributed by atoms with E-state index in [1.807, 2.05) is 43.3 Å². The summed E-state index contributed by atoms with van der Waals surface area (Å²) in [6.45, 7) is 1.85. The summed E-state index contributed by atoms with van der Waals surface area (Å²) in [4.78, 5) is 41.3. The van der Waals surface area contributed by atoms with Gasteiger partial charge in [-0.3, -0.25) is 18.7 Å². The van der Waals surface area contributed by atoms with Crippen molar-refractivity contribution in [3.05, 3.63) is 75.2 Å². The molecule has 0 fully saturated rings. The third-order valence-corrected chi connectivity index (χ3v) is 5.18. The van der Waals surface area contributed by atoms with E-state index in [1.54, 1.807) is 7.05 Å². The van der Waals surface area contributed by atoms with Crippen molar-refractivity contribution in [2.45, 2.75) is 19.5 Å². The Hall–Kier alpha value is -3.68. The van der Waals surface area contributed by atoms with Crippen LogP contribution in [-0.4, -0.2) is 24.6 Å². The maximum Gasteiger partial charge on any atom is 0.332 e. The summed E-state index contributed by atoms with van der Waals surface area (Å²) < 4.78 is 3.78. The number of rotatable bonds is 4. The van der Waals surface area contributed by atoms with Crippen molar-refractivity contribution in [1.82, 2.24) is 24.0 Å². The lowest BCUT2D eigenvalue weighted by Gasteiger charge is -2.15. The van der Waals surface area contributed by atoms with Crippen LogP contribution in [0.3, 0.4) is 0 Å². The Labute approximate surface area is 166 Å². The summed E-state index contributed by atoms with van der Waals surface area (Å²) in [5, 5.41) is 5.21. The molecule has 29 heavy (non-hydrogen) atoms. The van der Waals surface area contributed by atoms with Gasteiger partial charge in [-0.1, -0.05) is 36.4 Å². The molecule has 2 heterocycles. The van der Waals surface area contributed by atoms with Gasteiger partial charge in [-0.05, 0) is 29.3 Å². The number of amides is 1. The van der Waals surface area contributed by atoms with E-state index in [2.05, 4.69) is 16.4 Å². The molecule has 2 aromatic carbocycles. The fourth-order valence-electron chi connectivity index (χ4n) is 3.52. The maximum atomic E-state index is 12.6. The van der Waals surface area contributed by atoms with Gasteiger partial charge in [-0.2, -0.15) is 0 Å². The highest BCUT2D eigenvalue weighted by molar-refractivity contribution is 5.83. The smallest absolute Gasteiger partial charge is 0.332 e.